The summed E-state index contributed by atoms with van der Waals surface area (Å²) in [6.45, 7) is 2.18. The van der Waals surface area contributed by atoms with E-state index in [0.29, 0.717) is 29.5 Å². The molecule has 0 radical (unpaired) electrons. The molecule has 0 fully saturated rings. The Morgan fingerprint density at radius 2 is 2.26 bits per heavy atom. The fourth-order valence-electron chi connectivity index (χ4n) is 2.23. The molecular weight excluding hydrogens is 320 g/mol. The van der Waals surface area contributed by atoms with Gasteiger partial charge in [-0.3, -0.25) is 14.3 Å². The lowest BCUT2D eigenvalue weighted by Crippen LogP contribution is -2.59. The molecule has 2 aromatic rings. The third kappa shape index (κ3) is 3.00. The second-order valence-corrected chi connectivity index (χ2v) is 5.70. The van der Waals surface area contributed by atoms with E-state index in [2.05, 4.69) is 15.7 Å². The molecular formula is C15H15ClN4O3. The van der Waals surface area contributed by atoms with Gasteiger partial charge in [-0.25, -0.2) is 0 Å². The molecule has 2 heterocycles. The van der Waals surface area contributed by atoms with Gasteiger partial charge in [0.1, 0.15) is 5.75 Å². The maximum Gasteiger partial charge on any atom is 0.278 e. The normalized spacial score (nSPS) is 19.5. The number of hydrogen-bond acceptors (Lipinski definition) is 4. The van der Waals surface area contributed by atoms with Gasteiger partial charge in [0.05, 0.1) is 23.5 Å². The van der Waals surface area contributed by atoms with Crippen LogP contribution in [0, 0.1) is 0 Å². The van der Waals surface area contributed by atoms with Gasteiger partial charge >= 0.3 is 0 Å². The minimum absolute atomic E-state index is 0.296. The first-order valence-electron chi connectivity index (χ1n) is 7.05. The summed E-state index contributed by atoms with van der Waals surface area (Å²) in [6.07, 6.45) is 3.16. The molecule has 1 atom stereocenters. The molecule has 23 heavy (non-hydrogen) atoms. The number of aromatic nitrogens is 2. The van der Waals surface area contributed by atoms with Crippen molar-refractivity contribution in [2.75, 3.05) is 11.9 Å². The van der Waals surface area contributed by atoms with Crippen LogP contribution in [0.15, 0.2) is 36.7 Å². The molecule has 0 bridgehead atoms. The summed E-state index contributed by atoms with van der Waals surface area (Å²) in [5.41, 5.74) is -1.07. The van der Waals surface area contributed by atoms with Crippen molar-refractivity contribution >= 4 is 29.1 Å². The van der Waals surface area contributed by atoms with Gasteiger partial charge in [0.25, 0.3) is 17.4 Å². The summed E-state index contributed by atoms with van der Waals surface area (Å²) in [5, 5.41) is 9.90. The van der Waals surface area contributed by atoms with E-state index in [0.717, 1.165) is 0 Å². The van der Waals surface area contributed by atoms with Crippen LogP contribution in [0.4, 0.5) is 5.69 Å². The Hall–Kier alpha value is -2.54. The molecule has 2 amide bonds. The average molecular weight is 335 g/mol. The molecule has 0 spiro atoms. The quantitative estimate of drug-likeness (QED) is 0.829. The van der Waals surface area contributed by atoms with Gasteiger partial charge in [0, 0.05) is 12.7 Å². The molecule has 0 saturated heterocycles. The number of benzene rings is 1. The molecule has 1 aliphatic rings. The van der Waals surface area contributed by atoms with Gasteiger partial charge in [-0.15, -0.1) is 0 Å². The molecule has 2 N–H and O–H groups in total. The Kier molecular flexibility index (Phi) is 3.96. The molecule has 3 rings (SSSR count). The predicted molar refractivity (Wildman–Crippen MR) is 84.4 cm³/mol. The minimum Gasteiger partial charge on any atom is -0.466 e. The van der Waals surface area contributed by atoms with Gasteiger partial charge in [0.2, 0.25) is 0 Å². The maximum atomic E-state index is 12.4. The summed E-state index contributed by atoms with van der Waals surface area (Å²) >= 11 is 5.77. The third-order valence-electron chi connectivity index (χ3n) is 3.54. The first-order chi connectivity index (χ1) is 11.0. The van der Waals surface area contributed by atoms with Crippen molar-refractivity contribution in [2.24, 2.45) is 0 Å². The topological polar surface area (TPSA) is 85.2 Å². The number of halogens is 1. The van der Waals surface area contributed by atoms with Crippen LogP contribution >= 0.6 is 11.6 Å². The van der Waals surface area contributed by atoms with Gasteiger partial charge in [-0.2, -0.15) is 5.10 Å². The molecule has 120 valence electrons. The number of amides is 2. The van der Waals surface area contributed by atoms with Gasteiger partial charge in [-0.05, 0) is 19.1 Å². The van der Waals surface area contributed by atoms with Crippen molar-refractivity contribution in [1.29, 1.82) is 0 Å². The highest BCUT2D eigenvalue weighted by molar-refractivity contribution is 6.30. The smallest absolute Gasteiger partial charge is 0.278 e. The van der Waals surface area contributed by atoms with E-state index in [1.165, 1.54) is 13.1 Å². The number of carbonyl (C=O) groups excluding carboxylic acids is 2. The third-order valence-corrected chi connectivity index (χ3v) is 3.74. The van der Waals surface area contributed by atoms with Crippen LogP contribution in [0.2, 0.25) is 5.02 Å². The van der Waals surface area contributed by atoms with E-state index < -0.39 is 17.4 Å². The molecule has 0 saturated carbocycles. The van der Waals surface area contributed by atoms with Crippen LogP contribution in [0.5, 0.6) is 5.75 Å². The van der Waals surface area contributed by atoms with E-state index >= 15 is 0 Å². The highest BCUT2D eigenvalue weighted by Gasteiger charge is 2.46. The molecule has 1 aliphatic heterocycles. The summed E-state index contributed by atoms with van der Waals surface area (Å²) in [5.74, 6) is -0.554. The summed E-state index contributed by atoms with van der Waals surface area (Å²) < 4.78 is 7.23. The number of hydrogen-bond donors (Lipinski definition) is 2. The number of ether oxygens (including phenoxy) is 1. The number of nitrogens with one attached hydrogen (secondary N) is 2. The molecule has 0 aliphatic carbocycles. The van der Waals surface area contributed by atoms with Crippen LogP contribution in [-0.2, 0) is 16.1 Å². The van der Waals surface area contributed by atoms with Gasteiger partial charge in [-0.1, -0.05) is 23.7 Å². The van der Waals surface area contributed by atoms with Crippen molar-refractivity contribution in [1.82, 2.24) is 15.1 Å². The zero-order chi connectivity index (χ0) is 16.4. The van der Waals surface area contributed by atoms with Crippen LogP contribution in [0.25, 0.3) is 0 Å². The monoisotopic (exact) mass is 334 g/mol. The average Bonchev–Trinajstić information content (AvgIpc) is 2.93. The van der Waals surface area contributed by atoms with Crippen molar-refractivity contribution in [2.45, 2.75) is 19.1 Å². The van der Waals surface area contributed by atoms with E-state index in [1.807, 2.05) is 0 Å². The van der Waals surface area contributed by atoms with Crippen LogP contribution in [0.1, 0.15) is 6.92 Å². The lowest BCUT2D eigenvalue weighted by molar-refractivity contribution is -0.146. The van der Waals surface area contributed by atoms with E-state index in [-0.39, 0.29) is 0 Å². The number of fused-ring (bicyclic) bond motifs is 1. The SMILES string of the molecule is CC1(C(=O)NCCn2cc(Cl)cn2)Oc2ccccc2NC1=O. The predicted octanol–water partition coefficient (Wildman–Crippen LogP) is 1.44. The van der Waals surface area contributed by atoms with Crippen molar-refractivity contribution < 1.29 is 14.3 Å². The highest BCUT2D eigenvalue weighted by atomic mass is 35.5. The fraction of sp³-hybridized carbons (Fsp3) is 0.267. The molecule has 7 nitrogen and oxygen atoms in total. The largest absolute Gasteiger partial charge is 0.466 e. The standard InChI is InChI=1S/C15H15ClN4O3/c1-15(13(21)17-6-7-20-9-10(16)8-18-20)14(22)19-11-4-2-3-5-12(11)23-15/h2-5,8-9H,6-7H2,1H3,(H,17,21)(H,19,22). The lowest BCUT2D eigenvalue weighted by Gasteiger charge is -2.33. The zero-order valence-corrected chi connectivity index (χ0v) is 13.1. The Morgan fingerprint density at radius 3 is 3.00 bits per heavy atom. The first-order valence-corrected chi connectivity index (χ1v) is 7.42. The van der Waals surface area contributed by atoms with Gasteiger partial charge < -0.3 is 15.4 Å². The van der Waals surface area contributed by atoms with E-state index in [9.17, 15) is 9.59 Å². The highest BCUT2D eigenvalue weighted by Crippen LogP contribution is 2.33. The maximum absolute atomic E-state index is 12.4. The molecule has 8 heteroatoms. The van der Waals surface area contributed by atoms with Crippen LogP contribution in [0.3, 0.4) is 0 Å². The minimum atomic E-state index is -1.61. The van der Waals surface area contributed by atoms with E-state index in [4.69, 9.17) is 16.3 Å². The van der Waals surface area contributed by atoms with Crippen molar-refractivity contribution in [3.05, 3.63) is 41.7 Å². The Labute approximate surface area is 137 Å². The Morgan fingerprint density at radius 1 is 1.48 bits per heavy atom. The van der Waals surface area contributed by atoms with E-state index in [1.54, 1.807) is 35.1 Å². The second-order valence-electron chi connectivity index (χ2n) is 5.26. The number of rotatable bonds is 4. The van der Waals surface area contributed by atoms with Crippen molar-refractivity contribution in [3.63, 3.8) is 0 Å². The fourth-order valence-corrected chi connectivity index (χ4v) is 2.39. The number of anilines is 1. The van der Waals surface area contributed by atoms with Crippen LogP contribution < -0.4 is 15.4 Å². The van der Waals surface area contributed by atoms with Crippen LogP contribution in [-0.4, -0.2) is 33.7 Å². The number of nitrogens with zero attached hydrogens (tertiary/aromatic N) is 2. The number of carbonyl (C=O) groups is 2. The lowest BCUT2D eigenvalue weighted by atomic mass is 10.0. The second kappa shape index (κ2) is 5.92. The molecule has 1 aromatic carbocycles. The van der Waals surface area contributed by atoms with Crippen molar-refractivity contribution in [3.8, 4) is 5.75 Å². The summed E-state index contributed by atoms with van der Waals surface area (Å²) in [4.78, 5) is 24.6. The first kappa shape index (κ1) is 15.4. The zero-order valence-electron chi connectivity index (χ0n) is 12.4. The molecule has 1 aromatic heterocycles. The Balaban J connectivity index is 1.65. The number of para-hydroxylation sites is 2. The van der Waals surface area contributed by atoms with Gasteiger partial charge in [0.15, 0.2) is 0 Å². The summed E-state index contributed by atoms with van der Waals surface area (Å²) in [7, 11) is 0. The summed E-state index contributed by atoms with van der Waals surface area (Å²) in [6, 6.07) is 6.97. The Bertz CT molecular complexity index is 761. The molecule has 1 unspecified atom stereocenters.